The summed E-state index contributed by atoms with van der Waals surface area (Å²) in [7, 11) is 0. The summed E-state index contributed by atoms with van der Waals surface area (Å²) in [4.78, 5) is 27.2. The van der Waals surface area contributed by atoms with Crippen LogP contribution >= 0.6 is 22.9 Å². The molecule has 25 heavy (non-hydrogen) atoms. The Morgan fingerprint density at radius 1 is 1.16 bits per heavy atom. The molecule has 3 nitrogen and oxygen atoms in total. The molecule has 0 amide bonds. The Bertz CT molecular complexity index is 1130. The van der Waals surface area contributed by atoms with Gasteiger partial charge in [0.2, 0.25) is 0 Å². The molecule has 0 atom stereocenters. The second kappa shape index (κ2) is 7.21. The number of benzene rings is 2. The summed E-state index contributed by atoms with van der Waals surface area (Å²) >= 11 is 7.30. The van der Waals surface area contributed by atoms with E-state index in [0.717, 1.165) is 11.1 Å². The number of thiazole rings is 1. The lowest BCUT2D eigenvalue weighted by Gasteiger charge is -2.00. The fourth-order valence-corrected chi connectivity index (χ4v) is 3.62. The fourth-order valence-electron chi connectivity index (χ4n) is 2.51. The van der Waals surface area contributed by atoms with E-state index in [0.29, 0.717) is 19.8 Å². The summed E-state index contributed by atoms with van der Waals surface area (Å²) in [5.41, 5.74) is 3.48. The van der Waals surface area contributed by atoms with Gasteiger partial charge in [0.1, 0.15) is 0 Å². The highest BCUT2D eigenvalue weighted by Crippen LogP contribution is 2.15. The van der Waals surface area contributed by atoms with E-state index in [-0.39, 0.29) is 11.3 Å². The van der Waals surface area contributed by atoms with E-state index in [9.17, 15) is 9.59 Å². The van der Waals surface area contributed by atoms with Crippen molar-refractivity contribution in [2.45, 2.75) is 13.8 Å². The van der Waals surface area contributed by atoms with Gasteiger partial charge in [0, 0.05) is 11.6 Å². The van der Waals surface area contributed by atoms with Crippen LogP contribution in [0.5, 0.6) is 0 Å². The lowest BCUT2D eigenvalue weighted by molar-refractivity contribution is 0.106. The van der Waals surface area contributed by atoms with Crippen LogP contribution in [0.4, 0.5) is 0 Å². The average Bonchev–Trinajstić information content (AvgIpc) is 2.90. The zero-order valence-corrected chi connectivity index (χ0v) is 15.4. The Labute approximate surface area is 153 Å². The first-order valence-electron chi connectivity index (χ1n) is 7.73. The highest BCUT2D eigenvalue weighted by atomic mass is 35.5. The van der Waals surface area contributed by atoms with Crippen LogP contribution in [0.2, 0.25) is 5.02 Å². The van der Waals surface area contributed by atoms with Gasteiger partial charge < -0.3 is 4.98 Å². The molecule has 0 fully saturated rings. The number of nitrogens with one attached hydrogen (secondary N) is 1. The molecule has 126 valence electrons. The average molecular weight is 370 g/mol. The topological polar surface area (TPSA) is 49.9 Å². The number of hydrogen-bond donors (Lipinski definition) is 1. The van der Waals surface area contributed by atoms with Crippen LogP contribution in [0.3, 0.4) is 0 Å². The molecular weight excluding hydrogens is 354 g/mol. The molecule has 0 unspecified atom stereocenters. The molecule has 3 aromatic rings. The first-order valence-corrected chi connectivity index (χ1v) is 8.92. The van der Waals surface area contributed by atoms with E-state index in [1.54, 1.807) is 24.3 Å². The second-order valence-electron chi connectivity index (χ2n) is 5.78. The minimum atomic E-state index is -0.235. The Kier molecular flexibility index (Phi) is 5.02. The minimum absolute atomic E-state index is 0.205. The molecule has 1 N–H and O–H groups in total. The maximum absolute atomic E-state index is 12.3. The SMILES string of the molecule is Cc1ccc(/C=c2\s/c(=C\C(=O)c3ccccc3Cl)[nH]c2=O)c(C)c1. The van der Waals surface area contributed by atoms with Gasteiger partial charge in [0.25, 0.3) is 5.56 Å². The summed E-state index contributed by atoms with van der Waals surface area (Å²) in [6, 6.07) is 12.9. The van der Waals surface area contributed by atoms with Crippen molar-refractivity contribution >= 4 is 40.9 Å². The third-order valence-corrected chi connectivity index (χ3v) is 5.09. The number of halogens is 1. The van der Waals surface area contributed by atoms with E-state index < -0.39 is 0 Å². The predicted octanol–water partition coefficient (Wildman–Crippen LogP) is 3.20. The molecule has 0 radical (unpaired) electrons. The summed E-state index contributed by atoms with van der Waals surface area (Å²) < 4.78 is 1.07. The first-order chi connectivity index (χ1) is 11.9. The van der Waals surface area contributed by atoms with E-state index >= 15 is 0 Å². The van der Waals surface area contributed by atoms with Gasteiger partial charge in [0.15, 0.2) is 5.78 Å². The number of aromatic nitrogens is 1. The third kappa shape index (κ3) is 3.98. The lowest BCUT2D eigenvalue weighted by Crippen LogP contribution is -2.20. The minimum Gasteiger partial charge on any atom is -0.313 e. The van der Waals surface area contributed by atoms with Crippen LogP contribution in [0.25, 0.3) is 12.2 Å². The molecule has 0 saturated heterocycles. The molecule has 3 rings (SSSR count). The summed E-state index contributed by atoms with van der Waals surface area (Å²) in [5, 5.41) is 0.393. The highest BCUT2D eigenvalue weighted by Gasteiger charge is 2.07. The number of carbonyl (C=O) groups excluding carboxylic acids is 1. The monoisotopic (exact) mass is 369 g/mol. The normalized spacial score (nSPS) is 12.6. The van der Waals surface area contributed by atoms with Crippen molar-refractivity contribution in [1.82, 2.24) is 4.98 Å². The van der Waals surface area contributed by atoms with E-state index in [2.05, 4.69) is 11.1 Å². The van der Waals surface area contributed by atoms with Gasteiger partial charge in [-0.3, -0.25) is 9.59 Å². The van der Waals surface area contributed by atoms with E-state index in [1.165, 1.54) is 23.0 Å². The summed E-state index contributed by atoms with van der Waals surface area (Å²) in [6.07, 6.45) is 3.25. The van der Waals surface area contributed by atoms with Crippen molar-refractivity contribution in [2.24, 2.45) is 0 Å². The van der Waals surface area contributed by atoms with Gasteiger partial charge in [-0.1, -0.05) is 47.5 Å². The van der Waals surface area contributed by atoms with Crippen molar-refractivity contribution < 1.29 is 4.79 Å². The molecule has 0 bridgehead atoms. The Hall–Kier alpha value is -2.43. The lowest BCUT2D eigenvalue weighted by atomic mass is 10.1. The zero-order chi connectivity index (χ0) is 18.0. The number of hydrogen-bond acceptors (Lipinski definition) is 3. The molecular formula is C20H16ClNO2S. The Balaban J connectivity index is 2.03. The summed E-state index contributed by atoms with van der Waals surface area (Å²) in [6.45, 7) is 4.04. The molecule has 0 saturated carbocycles. The number of aryl methyl sites for hydroxylation is 2. The highest BCUT2D eigenvalue weighted by molar-refractivity contribution is 7.07. The Morgan fingerprint density at radius 3 is 2.64 bits per heavy atom. The number of ketones is 1. The van der Waals surface area contributed by atoms with Gasteiger partial charge in [0.05, 0.1) is 14.2 Å². The fraction of sp³-hybridized carbons (Fsp3) is 0.100. The van der Waals surface area contributed by atoms with Crippen LogP contribution in [-0.4, -0.2) is 10.8 Å². The number of aromatic amines is 1. The maximum Gasteiger partial charge on any atom is 0.266 e. The van der Waals surface area contributed by atoms with Crippen LogP contribution in [-0.2, 0) is 0 Å². The molecule has 0 aliphatic heterocycles. The maximum atomic E-state index is 12.3. The molecule has 5 heteroatoms. The van der Waals surface area contributed by atoms with Crippen molar-refractivity contribution in [2.75, 3.05) is 0 Å². The van der Waals surface area contributed by atoms with Gasteiger partial charge in [-0.25, -0.2) is 0 Å². The smallest absolute Gasteiger partial charge is 0.266 e. The molecule has 0 aliphatic carbocycles. The van der Waals surface area contributed by atoms with Gasteiger partial charge in [-0.2, -0.15) is 0 Å². The number of carbonyl (C=O) groups is 1. The third-order valence-electron chi connectivity index (χ3n) is 3.79. The van der Waals surface area contributed by atoms with Crippen LogP contribution in [0.1, 0.15) is 27.0 Å². The van der Waals surface area contributed by atoms with Gasteiger partial charge in [-0.15, -0.1) is 11.3 Å². The van der Waals surface area contributed by atoms with Crippen LogP contribution in [0, 0.1) is 13.8 Å². The standard InChI is InChI=1S/C20H16ClNO2S/c1-12-7-8-14(13(2)9-12)10-18-20(24)22-19(25-18)11-17(23)15-5-3-4-6-16(15)21/h3-11H,1-2H3,(H,22,24)/b18-10-,19-11-. The largest absolute Gasteiger partial charge is 0.313 e. The quantitative estimate of drug-likeness (QED) is 0.721. The summed E-state index contributed by atoms with van der Waals surface area (Å²) in [5.74, 6) is -0.235. The van der Waals surface area contributed by atoms with E-state index in [1.807, 2.05) is 32.1 Å². The number of H-pyrrole nitrogens is 1. The van der Waals surface area contributed by atoms with Crippen LogP contribution < -0.4 is 14.8 Å². The van der Waals surface area contributed by atoms with Crippen molar-refractivity contribution in [3.05, 3.63) is 89.3 Å². The van der Waals surface area contributed by atoms with Gasteiger partial charge in [-0.05, 0) is 43.2 Å². The second-order valence-corrected chi connectivity index (χ2v) is 7.27. The molecule has 2 aromatic carbocycles. The molecule has 1 heterocycles. The van der Waals surface area contributed by atoms with Crippen LogP contribution in [0.15, 0.2) is 47.3 Å². The van der Waals surface area contributed by atoms with Gasteiger partial charge >= 0.3 is 0 Å². The number of Topliss-reactive ketones (excluding diaryl/α,β-unsaturated/α-hetero) is 1. The Morgan fingerprint density at radius 2 is 1.92 bits per heavy atom. The molecule has 0 aliphatic rings. The van der Waals surface area contributed by atoms with Crippen molar-refractivity contribution in [1.29, 1.82) is 0 Å². The van der Waals surface area contributed by atoms with E-state index in [4.69, 9.17) is 11.6 Å². The predicted molar refractivity (Wildman–Crippen MR) is 104 cm³/mol. The zero-order valence-electron chi connectivity index (χ0n) is 13.8. The first kappa shape index (κ1) is 17.4. The number of rotatable bonds is 3. The molecule has 1 aromatic heterocycles. The molecule has 0 spiro atoms. The van der Waals surface area contributed by atoms with Crippen molar-refractivity contribution in [3.63, 3.8) is 0 Å². The van der Waals surface area contributed by atoms with Crippen molar-refractivity contribution in [3.8, 4) is 0 Å².